The molecule has 0 aliphatic heterocycles. The lowest BCUT2D eigenvalue weighted by Gasteiger charge is -2.07. The fourth-order valence-corrected chi connectivity index (χ4v) is 1.87. The van der Waals surface area contributed by atoms with Crippen molar-refractivity contribution in [3.05, 3.63) is 48.2 Å². The predicted molar refractivity (Wildman–Crippen MR) is 70.6 cm³/mol. The zero-order valence-corrected chi connectivity index (χ0v) is 9.83. The number of carbonyl (C=O) groups excluding carboxylic acids is 1. The maximum Gasteiger partial charge on any atom is 0.281 e. The second kappa shape index (κ2) is 4.41. The van der Waals surface area contributed by atoms with Crippen molar-refractivity contribution >= 4 is 28.2 Å². The lowest BCUT2D eigenvalue weighted by molar-refractivity contribution is 0.101. The van der Waals surface area contributed by atoms with E-state index in [1.54, 1.807) is 0 Å². The molecule has 2 aromatic carbocycles. The minimum absolute atomic E-state index is 0.0204. The van der Waals surface area contributed by atoms with Crippen LogP contribution in [-0.2, 0) is 0 Å². The van der Waals surface area contributed by atoms with Gasteiger partial charge in [-0.05, 0) is 21.8 Å². The van der Waals surface area contributed by atoms with Crippen LogP contribution in [0.15, 0.2) is 47.1 Å². The topological polar surface area (TPSA) is 94.0 Å². The summed E-state index contributed by atoms with van der Waals surface area (Å²) in [5.41, 5.74) is 6.14. The Morgan fingerprint density at radius 3 is 2.68 bits per heavy atom. The molecule has 3 rings (SSSR count). The first kappa shape index (κ1) is 11.2. The highest BCUT2D eigenvalue weighted by Gasteiger charge is 2.16. The zero-order chi connectivity index (χ0) is 13.2. The van der Waals surface area contributed by atoms with E-state index < -0.39 is 5.91 Å². The van der Waals surface area contributed by atoms with Crippen molar-refractivity contribution in [3.63, 3.8) is 0 Å². The van der Waals surface area contributed by atoms with Gasteiger partial charge in [0.15, 0.2) is 0 Å². The number of benzene rings is 2. The van der Waals surface area contributed by atoms with Gasteiger partial charge in [-0.15, -0.1) is 0 Å². The van der Waals surface area contributed by atoms with Gasteiger partial charge in [0, 0.05) is 11.1 Å². The Morgan fingerprint density at radius 1 is 1.11 bits per heavy atom. The van der Waals surface area contributed by atoms with E-state index in [1.165, 1.54) is 0 Å². The molecule has 6 nitrogen and oxygen atoms in total. The summed E-state index contributed by atoms with van der Waals surface area (Å²) in [5.74, 6) is -0.479. The van der Waals surface area contributed by atoms with E-state index in [0.717, 1.165) is 10.8 Å². The minimum atomic E-state index is -0.449. The van der Waals surface area contributed by atoms with Gasteiger partial charge in [-0.3, -0.25) is 4.79 Å². The number of fused-ring (bicyclic) bond motifs is 1. The van der Waals surface area contributed by atoms with Crippen molar-refractivity contribution in [2.45, 2.75) is 0 Å². The monoisotopic (exact) mass is 254 g/mol. The normalized spacial score (nSPS) is 10.5. The number of aromatic nitrogens is 2. The average molecular weight is 254 g/mol. The Balaban J connectivity index is 1.98. The molecule has 0 radical (unpaired) electrons. The van der Waals surface area contributed by atoms with E-state index in [1.807, 2.05) is 42.5 Å². The van der Waals surface area contributed by atoms with Crippen LogP contribution in [0.4, 0.5) is 11.5 Å². The van der Waals surface area contributed by atoms with E-state index in [0.29, 0.717) is 5.69 Å². The number of nitrogens with zero attached hydrogens (tertiary/aromatic N) is 2. The fourth-order valence-electron chi connectivity index (χ4n) is 1.87. The third-order valence-electron chi connectivity index (χ3n) is 2.77. The van der Waals surface area contributed by atoms with Crippen LogP contribution in [-0.4, -0.2) is 16.2 Å². The molecule has 1 amide bonds. The largest absolute Gasteiger partial charge is 0.379 e. The number of nitrogen functional groups attached to an aromatic ring is 1. The van der Waals surface area contributed by atoms with Crippen molar-refractivity contribution in [3.8, 4) is 0 Å². The maximum atomic E-state index is 12.0. The highest BCUT2D eigenvalue weighted by Crippen LogP contribution is 2.23. The average Bonchev–Trinajstić information content (AvgIpc) is 2.85. The third kappa shape index (κ3) is 1.99. The third-order valence-corrected chi connectivity index (χ3v) is 2.77. The van der Waals surface area contributed by atoms with E-state index in [2.05, 4.69) is 20.3 Å². The summed E-state index contributed by atoms with van der Waals surface area (Å²) in [6, 6.07) is 13.4. The number of carbonyl (C=O) groups is 1. The smallest absolute Gasteiger partial charge is 0.281 e. The van der Waals surface area contributed by atoms with Gasteiger partial charge < -0.3 is 11.1 Å². The molecular formula is C13H10N4O2. The molecule has 3 aromatic rings. The molecule has 1 aromatic heterocycles. The van der Waals surface area contributed by atoms with Gasteiger partial charge in [0.25, 0.3) is 5.91 Å². The van der Waals surface area contributed by atoms with Crippen LogP contribution in [0.1, 0.15) is 10.5 Å². The first-order valence-corrected chi connectivity index (χ1v) is 5.63. The summed E-state index contributed by atoms with van der Waals surface area (Å²) in [7, 11) is 0. The lowest BCUT2D eigenvalue weighted by atomic mass is 10.1. The first-order chi connectivity index (χ1) is 9.25. The SMILES string of the molecule is Nc1nonc1C(=O)Nc1cccc2ccccc12. The molecule has 0 aliphatic rings. The van der Waals surface area contributed by atoms with E-state index >= 15 is 0 Å². The van der Waals surface area contributed by atoms with Crippen LogP contribution in [0.5, 0.6) is 0 Å². The molecule has 0 unspecified atom stereocenters. The second-order valence-electron chi connectivity index (χ2n) is 3.98. The molecule has 0 saturated heterocycles. The van der Waals surface area contributed by atoms with Gasteiger partial charge in [0.2, 0.25) is 11.5 Å². The maximum absolute atomic E-state index is 12.0. The van der Waals surface area contributed by atoms with Crippen molar-refractivity contribution in [1.29, 1.82) is 0 Å². The molecule has 6 heteroatoms. The van der Waals surface area contributed by atoms with Gasteiger partial charge in [0.1, 0.15) is 0 Å². The van der Waals surface area contributed by atoms with Crippen molar-refractivity contribution in [1.82, 2.24) is 10.3 Å². The van der Waals surface area contributed by atoms with Crippen molar-refractivity contribution < 1.29 is 9.42 Å². The van der Waals surface area contributed by atoms with Crippen LogP contribution in [0.25, 0.3) is 10.8 Å². The standard InChI is InChI=1S/C13H10N4O2/c14-12-11(16-19-17-12)13(18)15-10-7-3-5-8-4-1-2-6-9(8)10/h1-7H,(H2,14,17)(H,15,18). The molecule has 0 aliphatic carbocycles. The fraction of sp³-hybridized carbons (Fsp3) is 0. The Labute approximate surface area is 108 Å². The summed E-state index contributed by atoms with van der Waals surface area (Å²) >= 11 is 0. The minimum Gasteiger partial charge on any atom is -0.379 e. The number of nitrogens with two attached hydrogens (primary N) is 1. The predicted octanol–water partition coefficient (Wildman–Crippen LogP) is 2.06. The highest BCUT2D eigenvalue weighted by atomic mass is 16.6. The molecule has 1 heterocycles. The summed E-state index contributed by atoms with van der Waals surface area (Å²) in [5, 5.41) is 11.6. The van der Waals surface area contributed by atoms with E-state index in [4.69, 9.17) is 5.73 Å². The highest BCUT2D eigenvalue weighted by molar-refractivity contribution is 6.09. The summed E-state index contributed by atoms with van der Waals surface area (Å²) < 4.78 is 4.41. The van der Waals surface area contributed by atoms with E-state index in [-0.39, 0.29) is 11.5 Å². The molecule has 0 fully saturated rings. The summed E-state index contributed by atoms with van der Waals surface area (Å²) in [6.07, 6.45) is 0. The molecular weight excluding hydrogens is 244 g/mol. The van der Waals surface area contributed by atoms with Crippen molar-refractivity contribution in [2.24, 2.45) is 0 Å². The van der Waals surface area contributed by atoms with Crippen molar-refractivity contribution in [2.75, 3.05) is 11.1 Å². The van der Waals surface area contributed by atoms with Crippen LogP contribution >= 0.6 is 0 Å². The Morgan fingerprint density at radius 2 is 1.89 bits per heavy atom. The molecule has 94 valence electrons. The Hall–Kier alpha value is -2.89. The Kier molecular flexibility index (Phi) is 2.60. The number of hydrogen-bond acceptors (Lipinski definition) is 5. The van der Waals surface area contributed by atoms with Crippen LogP contribution in [0, 0.1) is 0 Å². The molecule has 0 atom stereocenters. The quantitative estimate of drug-likeness (QED) is 0.730. The zero-order valence-electron chi connectivity index (χ0n) is 9.83. The molecule has 0 bridgehead atoms. The summed E-state index contributed by atoms with van der Waals surface area (Å²) in [4.78, 5) is 12.0. The molecule has 19 heavy (non-hydrogen) atoms. The summed E-state index contributed by atoms with van der Waals surface area (Å²) in [6.45, 7) is 0. The van der Waals surface area contributed by atoms with Gasteiger partial charge >= 0.3 is 0 Å². The second-order valence-corrected chi connectivity index (χ2v) is 3.98. The number of anilines is 2. The van der Waals surface area contributed by atoms with E-state index in [9.17, 15) is 4.79 Å². The van der Waals surface area contributed by atoms with Crippen LogP contribution < -0.4 is 11.1 Å². The molecule has 0 saturated carbocycles. The number of nitrogens with one attached hydrogen (secondary N) is 1. The van der Waals surface area contributed by atoms with Gasteiger partial charge in [0.05, 0.1) is 0 Å². The number of hydrogen-bond donors (Lipinski definition) is 2. The molecule has 0 spiro atoms. The number of amides is 1. The lowest BCUT2D eigenvalue weighted by Crippen LogP contribution is -2.14. The van der Waals surface area contributed by atoms with Gasteiger partial charge in [-0.2, -0.15) is 0 Å². The van der Waals surface area contributed by atoms with Crippen LogP contribution in [0.3, 0.4) is 0 Å². The van der Waals surface area contributed by atoms with Gasteiger partial charge in [-0.25, -0.2) is 4.63 Å². The van der Waals surface area contributed by atoms with Crippen LogP contribution in [0.2, 0.25) is 0 Å². The first-order valence-electron chi connectivity index (χ1n) is 5.63. The Bertz CT molecular complexity index is 746. The molecule has 3 N–H and O–H groups in total. The van der Waals surface area contributed by atoms with Gasteiger partial charge in [-0.1, -0.05) is 36.4 Å². The number of rotatable bonds is 2.